The van der Waals surface area contributed by atoms with Gasteiger partial charge < -0.3 is 4.74 Å². The van der Waals surface area contributed by atoms with Crippen LogP contribution in [0, 0.1) is 0 Å². The number of methoxy groups -OCH3 is 1. The van der Waals surface area contributed by atoms with Crippen LogP contribution in [0.4, 0.5) is 0 Å². The van der Waals surface area contributed by atoms with Crippen molar-refractivity contribution in [2.45, 2.75) is 30.5 Å². The summed E-state index contributed by atoms with van der Waals surface area (Å²) >= 11 is 5.81. The summed E-state index contributed by atoms with van der Waals surface area (Å²) in [5.74, 6) is 0.816. The zero-order valence-electron chi connectivity index (χ0n) is 11.5. The SMILES string of the molecule is CCCCN(C)S(=O)(=O)c1ccc(OC)c(CCl)c1. The molecule has 0 aromatic heterocycles. The van der Waals surface area contributed by atoms with Crippen LogP contribution in [0.1, 0.15) is 25.3 Å². The normalized spacial score (nSPS) is 11.8. The summed E-state index contributed by atoms with van der Waals surface area (Å²) in [6.07, 6.45) is 1.80. The van der Waals surface area contributed by atoms with E-state index in [1.807, 2.05) is 6.92 Å². The van der Waals surface area contributed by atoms with E-state index in [1.165, 1.54) is 11.4 Å². The summed E-state index contributed by atoms with van der Waals surface area (Å²) in [6.45, 7) is 2.54. The zero-order valence-corrected chi connectivity index (χ0v) is 13.1. The van der Waals surface area contributed by atoms with Crippen molar-refractivity contribution in [1.29, 1.82) is 0 Å². The molecule has 0 unspecified atom stereocenters. The third-order valence-electron chi connectivity index (χ3n) is 2.93. The van der Waals surface area contributed by atoms with Crippen LogP contribution in [-0.4, -0.2) is 33.4 Å². The molecule has 0 aliphatic carbocycles. The molecule has 0 aliphatic heterocycles. The highest BCUT2D eigenvalue weighted by atomic mass is 35.5. The van der Waals surface area contributed by atoms with Gasteiger partial charge in [0.05, 0.1) is 17.9 Å². The van der Waals surface area contributed by atoms with E-state index in [1.54, 1.807) is 25.2 Å². The fraction of sp³-hybridized carbons (Fsp3) is 0.538. The van der Waals surface area contributed by atoms with Crippen LogP contribution < -0.4 is 4.74 Å². The molecule has 108 valence electrons. The van der Waals surface area contributed by atoms with Gasteiger partial charge in [-0.3, -0.25) is 0 Å². The van der Waals surface area contributed by atoms with Gasteiger partial charge in [-0.15, -0.1) is 11.6 Å². The van der Waals surface area contributed by atoms with Crippen LogP contribution in [0.2, 0.25) is 0 Å². The quantitative estimate of drug-likeness (QED) is 0.728. The maximum atomic E-state index is 12.3. The Morgan fingerprint density at radius 1 is 1.37 bits per heavy atom. The first-order valence-electron chi connectivity index (χ1n) is 6.16. The van der Waals surface area contributed by atoms with Crippen LogP contribution in [0.3, 0.4) is 0 Å². The van der Waals surface area contributed by atoms with Gasteiger partial charge in [0.25, 0.3) is 0 Å². The zero-order chi connectivity index (χ0) is 14.5. The molecule has 0 atom stereocenters. The Kier molecular flexibility index (Phi) is 6.10. The number of hydrogen-bond acceptors (Lipinski definition) is 3. The van der Waals surface area contributed by atoms with E-state index in [0.717, 1.165) is 12.8 Å². The second-order valence-electron chi connectivity index (χ2n) is 4.29. The second-order valence-corrected chi connectivity index (χ2v) is 6.60. The number of rotatable bonds is 7. The molecule has 0 heterocycles. The van der Waals surface area contributed by atoms with Crippen LogP contribution in [0.15, 0.2) is 23.1 Å². The van der Waals surface area contributed by atoms with Crippen LogP contribution in [0.25, 0.3) is 0 Å². The van der Waals surface area contributed by atoms with Crippen LogP contribution in [-0.2, 0) is 15.9 Å². The molecular weight excluding hydrogens is 286 g/mol. The summed E-state index contributed by atoms with van der Waals surface area (Å²) in [4.78, 5) is 0.252. The van der Waals surface area contributed by atoms with Gasteiger partial charge in [0.15, 0.2) is 0 Å². The molecule has 19 heavy (non-hydrogen) atoms. The number of sulfonamides is 1. The molecule has 1 aromatic rings. The molecular formula is C13H20ClNO3S. The van der Waals surface area contributed by atoms with Gasteiger partial charge in [0, 0.05) is 19.2 Å². The van der Waals surface area contributed by atoms with E-state index in [0.29, 0.717) is 17.9 Å². The Morgan fingerprint density at radius 2 is 2.05 bits per heavy atom. The summed E-state index contributed by atoms with van der Waals surface area (Å²) < 4.78 is 31.2. The molecule has 0 saturated heterocycles. The minimum absolute atomic E-state index is 0.213. The third kappa shape index (κ3) is 3.84. The maximum Gasteiger partial charge on any atom is 0.242 e. The molecule has 0 N–H and O–H groups in total. The Balaban J connectivity index is 3.08. The molecule has 6 heteroatoms. The molecule has 1 aromatic carbocycles. The minimum Gasteiger partial charge on any atom is -0.496 e. The Labute approximate surface area is 120 Å². The van der Waals surface area contributed by atoms with Gasteiger partial charge in [-0.1, -0.05) is 13.3 Å². The lowest BCUT2D eigenvalue weighted by atomic mass is 10.2. The van der Waals surface area contributed by atoms with Crippen molar-refractivity contribution in [3.63, 3.8) is 0 Å². The van der Waals surface area contributed by atoms with Crippen molar-refractivity contribution in [3.8, 4) is 5.75 Å². The first kappa shape index (κ1) is 16.3. The van der Waals surface area contributed by atoms with Gasteiger partial charge >= 0.3 is 0 Å². The van der Waals surface area contributed by atoms with Crippen LogP contribution >= 0.6 is 11.6 Å². The monoisotopic (exact) mass is 305 g/mol. The van der Waals surface area contributed by atoms with E-state index in [4.69, 9.17) is 16.3 Å². The lowest BCUT2D eigenvalue weighted by molar-refractivity contribution is 0.410. The summed E-state index contributed by atoms with van der Waals surface area (Å²) in [5, 5.41) is 0. The van der Waals surface area contributed by atoms with E-state index in [2.05, 4.69) is 0 Å². The van der Waals surface area contributed by atoms with Crippen molar-refractivity contribution in [2.24, 2.45) is 0 Å². The van der Waals surface area contributed by atoms with E-state index in [9.17, 15) is 8.42 Å². The van der Waals surface area contributed by atoms with Crippen molar-refractivity contribution >= 4 is 21.6 Å². The molecule has 0 fully saturated rings. The molecule has 0 radical (unpaired) electrons. The molecule has 1 rings (SSSR count). The highest BCUT2D eigenvalue weighted by Crippen LogP contribution is 2.25. The average molecular weight is 306 g/mol. The number of unbranched alkanes of at least 4 members (excludes halogenated alkanes) is 1. The standard InChI is InChI=1S/C13H20ClNO3S/c1-4-5-8-15(2)19(16,17)12-6-7-13(18-3)11(9-12)10-14/h6-7,9H,4-5,8,10H2,1-3H3. The molecule has 4 nitrogen and oxygen atoms in total. The van der Waals surface area contributed by atoms with E-state index in [-0.39, 0.29) is 10.8 Å². The van der Waals surface area contributed by atoms with E-state index < -0.39 is 10.0 Å². The fourth-order valence-corrected chi connectivity index (χ4v) is 3.17. The number of alkyl halides is 1. The highest BCUT2D eigenvalue weighted by molar-refractivity contribution is 7.89. The lowest BCUT2D eigenvalue weighted by Gasteiger charge is -2.17. The average Bonchev–Trinajstić information content (AvgIpc) is 2.43. The van der Waals surface area contributed by atoms with Gasteiger partial charge in [-0.25, -0.2) is 12.7 Å². The summed E-state index contributed by atoms with van der Waals surface area (Å²) in [5.41, 5.74) is 0.675. The Hall–Kier alpha value is -0.780. The largest absolute Gasteiger partial charge is 0.496 e. The predicted octanol–water partition coefficient (Wildman–Crippen LogP) is 2.85. The van der Waals surface area contributed by atoms with Crippen molar-refractivity contribution < 1.29 is 13.2 Å². The lowest BCUT2D eigenvalue weighted by Crippen LogP contribution is -2.28. The predicted molar refractivity (Wildman–Crippen MR) is 77.3 cm³/mol. The summed E-state index contributed by atoms with van der Waals surface area (Å²) in [7, 11) is -0.322. The van der Waals surface area contributed by atoms with Crippen molar-refractivity contribution in [2.75, 3.05) is 20.7 Å². The number of halogens is 1. The Bertz CT molecular complexity index is 517. The topological polar surface area (TPSA) is 46.6 Å². The van der Waals surface area contributed by atoms with Gasteiger partial charge in [-0.2, -0.15) is 0 Å². The van der Waals surface area contributed by atoms with Gasteiger partial charge in [0.2, 0.25) is 10.0 Å². The molecule has 0 saturated carbocycles. The smallest absolute Gasteiger partial charge is 0.242 e. The first-order valence-corrected chi connectivity index (χ1v) is 8.14. The molecule has 0 aliphatic rings. The number of nitrogens with zero attached hydrogens (tertiary/aromatic N) is 1. The summed E-state index contributed by atoms with van der Waals surface area (Å²) in [6, 6.07) is 4.76. The molecule has 0 spiro atoms. The number of benzene rings is 1. The fourth-order valence-electron chi connectivity index (χ4n) is 1.70. The number of ether oxygens (including phenoxy) is 1. The van der Waals surface area contributed by atoms with Crippen LogP contribution in [0.5, 0.6) is 5.75 Å². The molecule has 0 amide bonds. The van der Waals surface area contributed by atoms with Crippen molar-refractivity contribution in [3.05, 3.63) is 23.8 Å². The van der Waals surface area contributed by atoms with Gasteiger partial charge in [0.1, 0.15) is 5.75 Å². The van der Waals surface area contributed by atoms with E-state index >= 15 is 0 Å². The highest BCUT2D eigenvalue weighted by Gasteiger charge is 2.21. The number of hydrogen-bond donors (Lipinski definition) is 0. The third-order valence-corrected chi connectivity index (χ3v) is 5.07. The Morgan fingerprint density at radius 3 is 2.58 bits per heavy atom. The van der Waals surface area contributed by atoms with Gasteiger partial charge in [-0.05, 0) is 24.6 Å². The second kappa shape index (κ2) is 7.12. The van der Waals surface area contributed by atoms with Crippen molar-refractivity contribution in [1.82, 2.24) is 4.31 Å². The maximum absolute atomic E-state index is 12.3. The minimum atomic E-state index is -3.45. The molecule has 0 bridgehead atoms. The first-order chi connectivity index (χ1) is 8.97.